The lowest BCUT2D eigenvalue weighted by Crippen LogP contribution is -2.14. The van der Waals surface area contributed by atoms with Crippen LogP contribution in [0.2, 0.25) is 0 Å². The standard InChI is InChI=1S/C22H23N5O3S/c1-3-26-21(19-12-18(19)15-6-4-14(2)5-7-15)24-25-22(26)31-13-20(28)23-16-8-10-17(11-9-16)27(29)30/h4-11,18-19H,3,12-13H2,1-2H3,(H,23,28)/t18-,19-/m1/s1. The fourth-order valence-electron chi connectivity index (χ4n) is 3.63. The molecule has 1 heterocycles. The molecule has 0 spiro atoms. The van der Waals surface area contributed by atoms with Crippen LogP contribution in [-0.2, 0) is 11.3 Å². The SMILES string of the molecule is CCn1c(SCC(=O)Nc2ccc([N+](=O)[O-])cc2)nnc1[C@@H]1C[C@@H]1c1ccc(C)cc1. The zero-order valence-corrected chi connectivity index (χ0v) is 18.1. The average molecular weight is 438 g/mol. The molecule has 0 unspecified atom stereocenters. The first-order valence-electron chi connectivity index (χ1n) is 10.1. The summed E-state index contributed by atoms with van der Waals surface area (Å²) in [4.78, 5) is 22.5. The van der Waals surface area contributed by atoms with Gasteiger partial charge in [0.25, 0.3) is 5.69 Å². The Morgan fingerprint density at radius 2 is 1.87 bits per heavy atom. The van der Waals surface area contributed by atoms with Crippen LogP contribution in [-0.4, -0.2) is 31.3 Å². The van der Waals surface area contributed by atoms with Crippen LogP contribution in [0.4, 0.5) is 11.4 Å². The number of hydrogen-bond acceptors (Lipinski definition) is 6. The number of nitro groups is 1. The molecule has 1 aromatic heterocycles. The average Bonchev–Trinajstić information content (AvgIpc) is 3.44. The topological polar surface area (TPSA) is 103 Å². The Labute approximate surface area is 184 Å². The van der Waals surface area contributed by atoms with Gasteiger partial charge in [-0.15, -0.1) is 10.2 Å². The number of non-ortho nitro benzene ring substituents is 1. The molecule has 2 atom stereocenters. The number of carbonyl (C=O) groups excluding carboxylic acids is 1. The van der Waals surface area contributed by atoms with E-state index in [-0.39, 0.29) is 17.3 Å². The Hall–Kier alpha value is -3.20. The van der Waals surface area contributed by atoms with Crippen LogP contribution in [0.25, 0.3) is 0 Å². The van der Waals surface area contributed by atoms with Crippen molar-refractivity contribution < 1.29 is 9.72 Å². The third-order valence-corrected chi connectivity index (χ3v) is 6.35. The predicted octanol–water partition coefficient (Wildman–Crippen LogP) is 4.52. The zero-order valence-electron chi connectivity index (χ0n) is 17.3. The number of nitrogens with one attached hydrogen (secondary N) is 1. The van der Waals surface area contributed by atoms with Gasteiger partial charge in [-0.3, -0.25) is 14.9 Å². The minimum Gasteiger partial charge on any atom is -0.325 e. The van der Waals surface area contributed by atoms with Gasteiger partial charge in [-0.2, -0.15) is 0 Å². The van der Waals surface area contributed by atoms with Gasteiger partial charge in [0.15, 0.2) is 5.16 Å². The van der Waals surface area contributed by atoms with Gasteiger partial charge < -0.3 is 9.88 Å². The number of hydrogen-bond donors (Lipinski definition) is 1. The van der Waals surface area contributed by atoms with E-state index in [1.165, 1.54) is 47.2 Å². The predicted molar refractivity (Wildman–Crippen MR) is 119 cm³/mol. The van der Waals surface area contributed by atoms with Gasteiger partial charge in [0.1, 0.15) is 5.82 Å². The summed E-state index contributed by atoms with van der Waals surface area (Å²) < 4.78 is 2.09. The number of amides is 1. The van der Waals surface area contributed by atoms with E-state index in [0.29, 0.717) is 17.5 Å². The lowest BCUT2D eigenvalue weighted by atomic mass is 10.1. The number of anilines is 1. The molecule has 1 fully saturated rings. The van der Waals surface area contributed by atoms with E-state index in [9.17, 15) is 14.9 Å². The van der Waals surface area contributed by atoms with E-state index in [1.807, 2.05) is 0 Å². The molecule has 9 heteroatoms. The molecular formula is C22H23N5O3S. The molecule has 160 valence electrons. The summed E-state index contributed by atoms with van der Waals surface area (Å²) in [6, 6.07) is 14.4. The van der Waals surface area contributed by atoms with E-state index in [0.717, 1.165) is 23.9 Å². The van der Waals surface area contributed by atoms with Crippen molar-refractivity contribution in [2.75, 3.05) is 11.1 Å². The fourth-order valence-corrected chi connectivity index (χ4v) is 4.44. The van der Waals surface area contributed by atoms with Crippen molar-refractivity contribution >= 4 is 29.0 Å². The Bertz CT molecular complexity index is 1100. The van der Waals surface area contributed by atoms with Gasteiger partial charge in [-0.25, -0.2) is 0 Å². The van der Waals surface area contributed by atoms with Crippen LogP contribution in [0.1, 0.15) is 42.1 Å². The second-order valence-corrected chi connectivity index (χ2v) is 8.53. The highest BCUT2D eigenvalue weighted by molar-refractivity contribution is 7.99. The molecule has 0 bridgehead atoms. The minimum absolute atomic E-state index is 0.0139. The Kier molecular flexibility index (Phi) is 6.03. The summed E-state index contributed by atoms with van der Waals surface area (Å²) in [7, 11) is 0. The van der Waals surface area contributed by atoms with Crippen LogP contribution in [0, 0.1) is 17.0 Å². The molecule has 1 aliphatic carbocycles. The van der Waals surface area contributed by atoms with Crippen LogP contribution in [0.15, 0.2) is 53.7 Å². The van der Waals surface area contributed by atoms with Crippen molar-refractivity contribution in [3.05, 3.63) is 75.6 Å². The maximum Gasteiger partial charge on any atom is 0.269 e. The maximum atomic E-state index is 12.3. The van der Waals surface area contributed by atoms with Gasteiger partial charge in [0.05, 0.1) is 10.7 Å². The van der Waals surface area contributed by atoms with Crippen molar-refractivity contribution in [1.29, 1.82) is 0 Å². The molecule has 0 aliphatic heterocycles. The number of nitro benzene ring substituents is 1. The molecule has 3 aromatic rings. The van der Waals surface area contributed by atoms with E-state index >= 15 is 0 Å². The lowest BCUT2D eigenvalue weighted by Gasteiger charge is -2.08. The molecule has 1 saturated carbocycles. The van der Waals surface area contributed by atoms with Gasteiger partial charge in [-0.05, 0) is 43.9 Å². The fraction of sp³-hybridized carbons (Fsp3) is 0.318. The summed E-state index contributed by atoms with van der Waals surface area (Å²) in [5.41, 5.74) is 3.09. The first kappa shape index (κ1) is 21.0. The van der Waals surface area contributed by atoms with Gasteiger partial charge in [-0.1, -0.05) is 41.6 Å². The summed E-state index contributed by atoms with van der Waals surface area (Å²) in [6.45, 7) is 4.88. The smallest absolute Gasteiger partial charge is 0.269 e. The van der Waals surface area contributed by atoms with Crippen molar-refractivity contribution in [3.63, 3.8) is 0 Å². The molecule has 2 aromatic carbocycles. The third kappa shape index (κ3) is 4.77. The zero-order chi connectivity index (χ0) is 22.0. The summed E-state index contributed by atoms with van der Waals surface area (Å²) in [6.07, 6.45) is 1.06. The summed E-state index contributed by atoms with van der Waals surface area (Å²) in [5, 5.41) is 22.9. The molecule has 1 N–H and O–H groups in total. The highest BCUT2D eigenvalue weighted by Crippen LogP contribution is 2.54. The Morgan fingerprint density at radius 3 is 2.52 bits per heavy atom. The van der Waals surface area contributed by atoms with Crippen LogP contribution >= 0.6 is 11.8 Å². The first-order chi connectivity index (χ1) is 15.0. The molecule has 8 nitrogen and oxygen atoms in total. The quantitative estimate of drug-likeness (QED) is 0.316. The Morgan fingerprint density at radius 1 is 1.16 bits per heavy atom. The molecule has 31 heavy (non-hydrogen) atoms. The number of thioether (sulfide) groups is 1. The van der Waals surface area contributed by atoms with E-state index < -0.39 is 4.92 Å². The molecular weight excluding hydrogens is 414 g/mol. The number of rotatable bonds is 8. The molecule has 1 aliphatic rings. The van der Waals surface area contributed by atoms with Crippen molar-refractivity contribution in [1.82, 2.24) is 14.8 Å². The molecule has 0 saturated heterocycles. The second-order valence-electron chi connectivity index (χ2n) is 7.59. The summed E-state index contributed by atoms with van der Waals surface area (Å²) in [5.74, 6) is 1.79. The largest absolute Gasteiger partial charge is 0.325 e. The van der Waals surface area contributed by atoms with E-state index in [2.05, 4.69) is 58.2 Å². The van der Waals surface area contributed by atoms with Crippen LogP contribution < -0.4 is 5.32 Å². The van der Waals surface area contributed by atoms with Crippen LogP contribution in [0.5, 0.6) is 0 Å². The van der Waals surface area contributed by atoms with E-state index in [1.54, 1.807) is 0 Å². The first-order valence-corrected chi connectivity index (χ1v) is 11.1. The number of aromatic nitrogens is 3. The van der Waals surface area contributed by atoms with Crippen molar-refractivity contribution in [2.45, 2.75) is 43.8 Å². The van der Waals surface area contributed by atoms with Crippen molar-refractivity contribution in [2.24, 2.45) is 0 Å². The maximum absolute atomic E-state index is 12.3. The number of carbonyl (C=O) groups is 1. The number of benzene rings is 2. The minimum atomic E-state index is -0.472. The monoisotopic (exact) mass is 437 g/mol. The van der Waals surface area contributed by atoms with Gasteiger partial charge in [0.2, 0.25) is 5.91 Å². The second kappa shape index (κ2) is 8.89. The van der Waals surface area contributed by atoms with Crippen LogP contribution in [0.3, 0.4) is 0 Å². The number of nitrogens with zero attached hydrogens (tertiary/aromatic N) is 4. The highest BCUT2D eigenvalue weighted by atomic mass is 32.2. The highest BCUT2D eigenvalue weighted by Gasteiger charge is 2.43. The van der Waals surface area contributed by atoms with E-state index in [4.69, 9.17) is 0 Å². The molecule has 0 radical (unpaired) electrons. The lowest BCUT2D eigenvalue weighted by molar-refractivity contribution is -0.384. The normalized spacial score (nSPS) is 17.4. The third-order valence-electron chi connectivity index (χ3n) is 5.38. The summed E-state index contributed by atoms with van der Waals surface area (Å²) >= 11 is 1.34. The van der Waals surface area contributed by atoms with Gasteiger partial charge >= 0.3 is 0 Å². The molecule has 4 rings (SSSR count). The number of aryl methyl sites for hydroxylation is 1. The Balaban J connectivity index is 1.36. The van der Waals surface area contributed by atoms with Crippen molar-refractivity contribution in [3.8, 4) is 0 Å². The van der Waals surface area contributed by atoms with Gasteiger partial charge in [0, 0.05) is 30.3 Å². The molecule has 1 amide bonds.